The van der Waals surface area contributed by atoms with Gasteiger partial charge in [-0.25, -0.2) is 0 Å². The van der Waals surface area contributed by atoms with E-state index in [2.05, 4.69) is 14.9 Å². The molecule has 0 saturated carbocycles. The lowest BCUT2D eigenvalue weighted by Gasteiger charge is -2.09. The Morgan fingerprint density at radius 1 is 1.48 bits per heavy atom. The van der Waals surface area contributed by atoms with Crippen LogP contribution in [0.3, 0.4) is 0 Å². The smallest absolute Gasteiger partial charge is 0.281 e. The summed E-state index contributed by atoms with van der Waals surface area (Å²) in [6.07, 6.45) is 0. The predicted molar refractivity (Wildman–Crippen MR) is 78.1 cm³/mol. The molecule has 0 radical (unpaired) electrons. The van der Waals surface area contributed by atoms with E-state index in [4.69, 9.17) is 16.3 Å². The molecule has 3 N–H and O–H groups in total. The molecule has 2 rings (SSSR count). The van der Waals surface area contributed by atoms with E-state index in [1.807, 2.05) is 0 Å². The first-order valence-corrected chi connectivity index (χ1v) is 7.76. The van der Waals surface area contributed by atoms with E-state index in [1.165, 1.54) is 25.3 Å². The minimum atomic E-state index is -3.92. The summed E-state index contributed by atoms with van der Waals surface area (Å²) in [7, 11) is -2.49. The van der Waals surface area contributed by atoms with Crippen LogP contribution in [0, 0.1) is 6.92 Å². The minimum Gasteiger partial charge on any atom is -0.495 e. The van der Waals surface area contributed by atoms with Crippen molar-refractivity contribution in [2.45, 2.75) is 18.6 Å². The minimum absolute atomic E-state index is 0.225. The molecule has 7 nitrogen and oxygen atoms in total. The van der Waals surface area contributed by atoms with Gasteiger partial charge in [-0.15, -0.1) is 0 Å². The summed E-state index contributed by atoms with van der Waals surface area (Å²) in [5, 5.41) is 15.6. The maximum Gasteiger partial charge on any atom is 0.281 e. The molecule has 0 unspecified atom stereocenters. The van der Waals surface area contributed by atoms with Gasteiger partial charge in [0.15, 0.2) is 0 Å². The first-order chi connectivity index (χ1) is 9.89. The van der Waals surface area contributed by atoms with Crippen LogP contribution in [0.4, 0.5) is 5.69 Å². The van der Waals surface area contributed by atoms with Gasteiger partial charge in [0.25, 0.3) is 10.0 Å². The number of ether oxygens (including phenoxy) is 1. The topological polar surface area (TPSA) is 104 Å². The predicted octanol–water partition coefficient (Wildman–Crippen LogP) is 1.67. The fourth-order valence-corrected chi connectivity index (χ4v) is 3.20. The third-order valence-corrected chi connectivity index (χ3v) is 4.52. The molecule has 1 heterocycles. The average molecular weight is 332 g/mol. The number of anilines is 1. The van der Waals surface area contributed by atoms with Gasteiger partial charge in [-0.2, -0.15) is 13.5 Å². The number of halogens is 1. The van der Waals surface area contributed by atoms with Gasteiger partial charge < -0.3 is 9.84 Å². The van der Waals surface area contributed by atoms with Crippen LogP contribution in [0.15, 0.2) is 23.2 Å². The van der Waals surface area contributed by atoms with Crippen LogP contribution < -0.4 is 9.46 Å². The van der Waals surface area contributed by atoms with E-state index in [9.17, 15) is 13.5 Å². The molecule has 1 aromatic carbocycles. The van der Waals surface area contributed by atoms with Crippen molar-refractivity contribution in [2.24, 2.45) is 0 Å². The number of methoxy groups -OCH3 is 1. The van der Waals surface area contributed by atoms with Crippen LogP contribution in [0.5, 0.6) is 5.75 Å². The molecule has 9 heteroatoms. The zero-order chi connectivity index (χ0) is 15.6. The zero-order valence-corrected chi connectivity index (χ0v) is 12.9. The third kappa shape index (κ3) is 3.12. The second kappa shape index (κ2) is 5.92. The number of aryl methyl sites for hydroxylation is 1. The van der Waals surface area contributed by atoms with Crippen LogP contribution in [-0.2, 0) is 16.6 Å². The monoisotopic (exact) mass is 331 g/mol. The maximum atomic E-state index is 12.3. The zero-order valence-electron chi connectivity index (χ0n) is 11.3. The highest BCUT2D eigenvalue weighted by atomic mass is 35.5. The Morgan fingerprint density at radius 3 is 2.81 bits per heavy atom. The number of nitrogens with one attached hydrogen (secondary N) is 2. The number of hydrogen-bond acceptors (Lipinski definition) is 5. The summed E-state index contributed by atoms with van der Waals surface area (Å²) in [5.41, 5.74) is 0.996. The van der Waals surface area contributed by atoms with Gasteiger partial charge in [0, 0.05) is 17.3 Å². The summed E-state index contributed by atoms with van der Waals surface area (Å²) in [4.78, 5) is 0. The van der Waals surface area contributed by atoms with Gasteiger partial charge >= 0.3 is 0 Å². The second-order valence-electron chi connectivity index (χ2n) is 4.25. The number of rotatable bonds is 5. The molecular formula is C12H14ClN3O4S. The lowest BCUT2D eigenvalue weighted by Crippen LogP contribution is -2.15. The van der Waals surface area contributed by atoms with Gasteiger partial charge in [0.05, 0.1) is 24.4 Å². The van der Waals surface area contributed by atoms with E-state index >= 15 is 0 Å². The van der Waals surface area contributed by atoms with Gasteiger partial charge in [-0.05, 0) is 19.1 Å². The van der Waals surface area contributed by atoms with E-state index in [1.54, 1.807) is 6.92 Å². The van der Waals surface area contributed by atoms with E-state index < -0.39 is 16.6 Å². The standard InChI is InChI=1S/C12H14ClN3O4S/c1-7-9(6-17)12(15-14-7)21(18,19)16-8-3-4-10(13)11(5-8)20-2/h3-5,16-17H,6H2,1-2H3,(H,14,15). The van der Waals surface area contributed by atoms with Crippen LogP contribution >= 0.6 is 11.6 Å². The Labute approximate surface area is 127 Å². The molecule has 2 aromatic rings. The number of aliphatic hydroxyl groups is 1. The van der Waals surface area contributed by atoms with Gasteiger partial charge in [-0.3, -0.25) is 9.82 Å². The Balaban J connectivity index is 2.37. The summed E-state index contributed by atoms with van der Waals surface area (Å²) >= 11 is 5.88. The van der Waals surface area contributed by atoms with E-state index in [-0.39, 0.29) is 16.3 Å². The molecule has 0 aliphatic carbocycles. The maximum absolute atomic E-state index is 12.3. The first kappa shape index (κ1) is 15.6. The van der Waals surface area contributed by atoms with Crippen LogP contribution in [0.25, 0.3) is 0 Å². The van der Waals surface area contributed by atoms with Crippen molar-refractivity contribution in [1.29, 1.82) is 0 Å². The van der Waals surface area contributed by atoms with E-state index in [0.717, 1.165) is 0 Å². The molecule has 21 heavy (non-hydrogen) atoms. The summed E-state index contributed by atoms with van der Waals surface area (Å²) < 4.78 is 32.0. The number of benzene rings is 1. The van der Waals surface area contributed by atoms with Crippen molar-refractivity contribution in [2.75, 3.05) is 11.8 Å². The number of nitrogens with zero attached hydrogens (tertiary/aromatic N) is 1. The number of aliphatic hydroxyl groups excluding tert-OH is 1. The summed E-state index contributed by atoms with van der Waals surface area (Å²) in [6.45, 7) is 1.20. The number of hydrogen-bond donors (Lipinski definition) is 3. The summed E-state index contributed by atoms with van der Waals surface area (Å²) in [5.74, 6) is 0.345. The second-order valence-corrected chi connectivity index (χ2v) is 6.25. The molecule has 114 valence electrons. The SMILES string of the molecule is COc1cc(NS(=O)(=O)c2n[nH]c(C)c2CO)ccc1Cl. The highest BCUT2D eigenvalue weighted by molar-refractivity contribution is 7.92. The largest absolute Gasteiger partial charge is 0.495 e. The third-order valence-electron chi connectivity index (χ3n) is 2.85. The van der Waals surface area contributed by atoms with Crippen molar-refractivity contribution in [3.8, 4) is 5.75 Å². The Hall–Kier alpha value is -1.77. The highest BCUT2D eigenvalue weighted by Gasteiger charge is 2.23. The average Bonchev–Trinajstić information content (AvgIpc) is 2.82. The van der Waals surface area contributed by atoms with Crippen molar-refractivity contribution >= 4 is 27.3 Å². The van der Waals surface area contributed by atoms with Crippen molar-refractivity contribution in [3.05, 3.63) is 34.5 Å². The van der Waals surface area contributed by atoms with Crippen molar-refractivity contribution in [1.82, 2.24) is 10.2 Å². The summed E-state index contributed by atoms with van der Waals surface area (Å²) in [6, 6.07) is 4.47. The number of aromatic nitrogens is 2. The lowest BCUT2D eigenvalue weighted by molar-refractivity contribution is 0.277. The fraction of sp³-hybridized carbons (Fsp3) is 0.250. The first-order valence-electron chi connectivity index (χ1n) is 5.90. The van der Waals surface area contributed by atoms with Crippen LogP contribution in [0.1, 0.15) is 11.3 Å². The van der Waals surface area contributed by atoms with Crippen LogP contribution in [0.2, 0.25) is 5.02 Å². The van der Waals surface area contributed by atoms with Crippen molar-refractivity contribution in [3.63, 3.8) is 0 Å². The molecule has 0 aliphatic rings. The molecule has 0 aliphatic heterocycles. The van der Waals surface area contributed by atoms with E-state index in [0.29, 0.717) is 16.5 Å². The lowest BCUT2D eigenvalue weighted by atomic mass is 10.3. The van der Waals surface area contributed by atoms with Gasteiger partial charge in [-0.1, -0.05) is 11.6 Å². The molecule has 0 fully saturated rings. The number of H-pyrrole nitrogens is 1. The molecule has 0 saturated heterocycles. The molecule has 1 aromatic heterocycles. The molecule has 0 bridgehead atoms. The van der Waals surface area contributed by atoms with Crippen molar-refractivity contribution < 1.29 is 18.3 Å². The number of sulfonamides is 1. The highest BCUT2D eigenvalue weighted by Crippen LogP contribution is 2.29. The molecule has 0 amide bonds. The molecular weight excluding hydrogens is 318 g/mol. The van der Waals surface area contributed by atoms with Gasteiger partial charge in [0.1, 0.15) is 5.75 Å². The molecule has 0 spiro atoms. The molecule has 0 atom stereocenters. The van der Waals surface area contributed by atoms with Crippen LogP contribution in [-0.4, -0.2) is 30.8 Å². The fourth-order valence-electron chi connectivity index (χ4n) is 1.77. The Morgan fingerprint density at radius 2 is 2.19 bits per heavy atom. The Kier molecular flexibility index (Phi) is 4.40. The van der Waals surface area contributed by atoms with Gasteiger partial charge in [0.2, 0.25) is 5.03 Å². The Bertz CT molecular complexity index is 758. The quantitative estimate of drug-likeness (QED) is 0.773. The number of aromatic amines is 1. The normalized spacial score (nSPS) is 11.4.